The molecule has 8 nitrogen and oxygen atoms in total. The largest absolute Gasteiger partial charge is 0.496 e. The molecule has 0 unspecified atom stereocenters. The van der Waals surface area contributed by atoms with Crippen molar-refractivity contribution in [2.75, 3.05) is 14.2 Å². The highest BCUT2D eigenvalue weighted by molar-refractivity contribution is 5.93. The van der Waals surface area contributed by atoms with Gasteiger partial charge in [0.25, 0.3) is 0 Å². The molecule has 8 heteroatoms. The van der Waals surface area contributed by atoms with E-state index in [1.807, 2.05) is 17.9 Å². The number of hydrogen-bond donors (Lipinski definition) is 1. The third-order valence-electron chi connectivity index (χ3n) is 5.81. The molecule has 4 aromatic rings. The first-order chi connectivity index (χ1) is 15.1. The number of ether oxygens (including phenoxy) is 2. The number of hydrogen-bond acceptors (Lipinski definition) is 6. The molecule has 1 fully saturated rings. The van der Waals surface area contributed by atoms with Crippen LogP contribution >= 0.6 is 0 Å². The molecule has 31 heavy (non-hydrogen) atoms. The minimum Gasteiger partial charge on any atom is -0.496 e. The second-order valence-electron chi connectivity index (χ2n) is 7.80. The normalized spacial score (nSPS) is 13.5. The van der Waals surface area contributed by atoms with Crippen molar-refractivity contribution in [3.63, 3.8) is 0 Å². The molecule has 0 radical (unpaired) electrons. The van der Waals surface area contributed by atoms with Gasteiger partial charge in [-0.25, -0.2) is 9.78 Å². The number of aromatic amines is 1. The predicted octanol–water partition coefficient (Wildman–Crippen LogP) is 3.62. The van der Waals surface area contributed by atoms with Crippen LogP contribution in [0.1, 0.15) is 46.1 Å². The highest BCUT2D eigenvalue weighted by Crippen LogP contribution is 2.45. The van der Waals surface area contributed by atoms with Crippen molar-refractivity contribution in [1.82, 2.24) is 25.0 Å². The average Bonchev–Trinajstić information content (AvgIpc) is 3.40. The van der Waals surface area contributed by atoms with Crippen molar-refractivity contribution < 1.29 is 14.3 Å². The van der Waals surface area contributed by atoms with Gasteiger partial charge < -0.3 is 9.47 Å². The van der Waals surface area contributed by atoms with E-state index in [-0.39, 0.29) is 0 Å². The summed E-state index contributed by atoms with van der Waals surface area (Å²) in [7, 11) is 4.77. The van der Waals surface area contributed by atoms with E-state index in [4.69, 9.17) is 14.5 Å². The second kappa shape index (κ2) is 7.54. The van der Waals surface area contributed by atoms with Crippen LogP contribution in [0.25, 0.3) is 22.3 Å². The molecule has 1 saturated carbocycles. The SMILES string of the molecule is COC(=O)c1ccc(-c2nc(Cc3ccc4[nH]ncc4c3C3CC3)n(C)n2)cc1OC. The number of methoxy groups -OCH3 is 2. The summed E-state index contributed by atoms with van der Waals surface area (Å²) in [5.74, 6) is 2.04. The predicted molar refractivity (Wildman–Crippen MR) is 115 cm³/mol. The maximum atomic E-state index is 11.9. The van der Waals surface area contributed by atoms with Crippen LogP contribution in [-0.4, -0.2) is 45.2 Å². The topological polar surface area (TPSA) is 94.9 Å². The Morgan fingerprint density at radius 1 is 1.23 bits per heavy atom. The highest BCUT2D eigenvalue weighted by atomic mass is 16.5. The molecule has 0 saturated heterocycles. The quantitative estimate of drug-likeness (QED) is 0.482. The van der Waals surface area contributed by atoms with Gasteiger partial charge in [-0.1, -0.05) is 6.07 Å². The Morgan fingerprint density at radius 3 is 2.81 bits per heavy atom. The highest BCUT2D eigenvalue weighted by Gasteiger charge is 2.29. The first-order valence-electron chi connectivity index (χ1n) is 10.2. The summed E-state index contributed by atoms with van der Waals surface area (Å²) in [6.07, 6.45) is 5.04. The zero-order chi connectivity index (χ0) is 21.5. The summed E-state index contributed by atoms with van der Waals surface area (Å²) in [5.41, 5.74) is 4.85. The number of benzene rings is 2. The van der Waals surface area contributed by atoms with Gasteiger partial charge in [-0.05, 0) is 54.2 Å². The van der Waals surface area contributed by atoms with Crippen LogP contribution < -0.4 is 4.74 Å². The summed E-state index contributed by atoms with van der Waals surface area (Å²) in [6, 6.07) is 9.49. The third kappa shape index (κ3) is 3.43. The van der Waals surface area contributed by atoms with E-state index in [0.717, 1.165) is 16.9 Å². The maximum absolute atomic E-state index is 11.9. The summed E-state index contributed by atoms with van der Waals surface area (Å²) >= 11 is 0. The van der Waals surface area contributed by atoms with Gasteiger partial charge in [0, 0.05) is 24.4 Å². The van der Waals surface area contributed by atoms with Crippen LogP contribution in [0, 0.1) is 0 Å². The molecule has 2 heterocycles. The first-order valence-corrected chi connectivity index (χ1v) is 10.2. The number of carbonyl (C=O) groups is 1. The first kappa shape index (κ1) is 19.3. The monoisotopic (exact) mass is 417 g/mol. The Morgan fingerprint density at radius 2 is 2.06 bits per heavy atom. The van der Waals surface area contributed by atoms with E-state index in [1.54, 1.807) is 18.2 Å². The number of rotatable bonds is 6. The summed E-state index contributed by atoms with van der Waals surface area (Å²) in [5, 5.41) is 13.1. The fourth-order valence-corrected chi connectivity index (χ4v) is 4.06. The Hall–Kier alpha value is -3.68. The van der Waals surface area contributed by atoms with E-state index in [1.165, 1.54) is 43.6 Å². The molecule has 158 valence electrons. The number of esters is 1. The van der Waals surface area contributed by atoms with Gasteiger partial charge in [0.1, 0.15) is 17.1 Å². The smallest absolute Gasteiger partial charge is 0.341 e. The summed E-state index contributed by atoms with van der Waals surface area (Å²) < 4.78 is 12.0. The molecule has 1 aliphatic carbocycles. The molecule has 2 aromatic carbocycles. The van der Waals surface area contributed by atoms with Crippen molar-refractivity contribution in [1.29, 1.82) is 0 Å². The molecule has 2 aromatic heterocycles. The maximum Gasteiger partial charge on any atom is 0.341 e. The van der Waals surface area contributed by atoms with Crippen molar-refractivity contribution in [2.24, 2.45) is 7.05 Å². The van der Waals surface area contributed by atoms with E-state index < -0.39 is 5.97 Å². The van der Waals surface area contributed by atoms with Crippen LogP contribution in [0.15, 0.2) is 36.5 Å². The molecule has 1 aliphatic rings. The number of nitrogens with one attached hydrogen (secondary N) is 1. The molecule has 0 bridgehead atoms. The third-order valence-corrected chi connectivity index (χ3v) is 5.81. The lowest BCUT2D eigenvalue weighted by molar-refractivity contribution is 0.0597. The van der Waals surface area contributed by atoms with Gasteiger partial charge in [-0.15, -0.1) is 0 Å². The number of H-pyrrole nitrogens is 1. The lowest BCUT2D eigenvalue weighted by Gasteiger charge is -2.09. The number of aryl methyl sites for hydroxylation is 1. The molecule has 0 spiro atoms. The summed E-state index contributed by atoms with van der Waals surface area (Å²) in [6.45, 7) is 0. The molecule has 0 aliphatic heterocycles. The van der Waals surface area contributed by atoms with Gasteiger partial charge in [0.15, 0.2) is 5.82 Å². The van der Waals surface area contributed by atoms with Crippen LogP contribution in [0.4, 0.5) is 0 Å². The number of carbonyl (C=O) groups excluding carboxylic acids is 1. The van der Waals surface area contributed by atoms with Crippen molar-refractivity contribution >= 4 is 16.9 Å². The minimum atomic E-state index is -0.444. The Balaban J connectivity index is 1.49. The average molecular weight is 417 g/mol. The fraction of sp³-hybridized carbons (Fsp3) is 0.304. The number of fused-ring (bicyclic) bond motifs is 1. The van der Waals surface area contributed by atoms with Crippen LogP contribution in [0.5, 0.6) is 5.75 Å². The van der Waals surface area contributed by atoms with E-state index in [2.05, 4.69) is 27.4 Å². The van der Waals surface area contributed by atoms with Gasteiger partial charge in [-0.2, -0.15) is 10.2 Å². The molecular weight excluding hydrogens is 394 g/mol. The lowest BCUT2D eigenvalue weighted by atomic mass is 9.96. The minimum absolute atomic E-state index is 0.368. The molecule has 1 N–H and O–H groups in total. The Bertz CT molecular complexity index is 1290. The van der Waals surface area contributed by atoms with Crippen molar-refractivity contribution in [3.05, 3.63) is 59.0 Å². The zero-order valence-electron chi connectivity index (χ0n) is 17.7. The van der Waals surface area contributed by atoms with E-state index in [0.29, 0.717) is 29.5 Å². The molecule has 5 rings (SSSR count). The van der Waals surface area contributed by atoms with Gasteiger partial charge >= 0.3 is 5.97 Å². The van der Waals surface area contributed by atoms with E-state index >= 15 is 0 Å². The fourth-order valence-electron chi connectivity index (χ4n) is 4.06. The molecular formula is C23H23N5O3. The van der Waals surface area contributed by atoms with Gasteiger partial charge in [0.2, 0.25) is 0 Å². The van der Waals surface area contributed by atoms with Crippen LogP contribution in [-0.2, 0) is 18.2 Å². The zero-order valence-corrected chi connectivity index (χ0v) is 17.7. The summed E-state index contributed by atoms with van der Waals surface area (Å²) in [4.78, 5) is 16.7. The van der Waals surface area contributed by atoms with Crippen LogP contribution in [0.3, 0.4) is 0 Å². The lowest BCUT2D eigenvalue weighted by Crippen LogP contribution is -2.04. The molecule has 0 amide bonds. The second-order valence-corrected chi connectivity index (χ2v) is 7.80. The molecule has 0 atom stereocenters. The number of aromatic nitrogens is 5. The Kier molecular flexibility index (Phi) is 4.69. The Labute approximate surface area is 179 Å². The standard InChI is InChI=1S/C23H23N5O3/c1-28-20(11-14-7-9-18-17(12-24-26-18)21(14)13-4-5-13)25-22(27-28)15-6-8-16(23(29)31-3)19(10-15)30-2/h6-10,12-13H,4-5,11H2,1-3H3,(H,24,26). The number of nitrogens with zero attached hydrogens (tertiary/aromatic N) is 4. The van der Waals surface area contributed by atoms with Crippen LogP contribution in [0.2, 0.25) is 0 Å². The van der Waals surface area contributed by atoms with Gasteiger partial charge in [0.05, 0.1) is 25.9 Å². The van der Waals surface area contributed by atoms with Gasteiger partial charge in [-0.3, -0.25) is 9.78 Å². The van der Waals surface area contributed by atoms with E-state index in [9.17, 15) is 4.79 Å². The van der Waals surface area contributed by atoms with Crippen molar-refractivity contribution in [3.8, 4) is 17.1 Å². The van der Waals surface area contributed by atoms with Crippen molar-refractivity contribution in [2.45, 2.75) is 25.2 Å².